The molecule has 1 atom stereocenters. The molecule has 0 saturated carbocycles. The van der Waals surface area contributed by atoms with E-state index in [1.54, 1.807) is 20.1 Å². The van der Waals surface area contributed by atoms with E-state index in [-0.39, 0.29) is 24.1 Å². The zero-order chi connectivity index (χ0) is 21.1. The zero-order valence-electron chi connectivity index (χ0n) is 17.5. The van der Waals surface area contributed by atoms with Crippen molar-refractivity contribution in [2.24, 2.45) is 0 Å². The van der Waals surface area contributed by atoms with Crippen molar-refractivity contribution < 1.29 is 14.3 Å². The highest BCUT2D eigenvalue weighted by Crippen LogP contribution is 2.29. The maximum absolute atomic E-state index is 13.1. The van der Waals surface area contributed by atoms with Gasteiger partial charge < -0.3 is 24.3 Å². The van der Waals surface area contributed by atoms with E-state index in [1.165, 1.54) is 7.11 Å². The summed E-state index contributed by atoms with van der Waals surface area (Å²) in [6, 6.07) is 9.62. The third-order valence-corrected chi connectivity index (χ3v) is 5.11. The van der Waals surface area contributed by atoms with E-state index in [0.717, 1.165) is 16.6 Å². The Morgan fingerprint density at radius 3 is 2.66 bits per heavy atom. The average molecular weight is 397 g/mol. The number of aryl methyl sites for hydroxylation is 1. The van der Waals surface area contributed by atoms with E-state index in [0.29, 0.717) is 29.2 Å². The van der Waals surface area contributed by atoms with Crippen LogP contribution < -0.4 is 15.6 Å². The van der Waals surface area contributed by atoms with Crippen LogP contribution in [0.3, 0.4) is 0 Å². The van der Waals surface area contributed by atoms with Crippen molar-refractivity contribution in [3.8, 4) is 5.75 Å². The predicted molar refractivity (Wildman–Crippen MR) is 113 cm³/mol. The Kier molecular flexibility index (Phi) is 6.08. The second kappa shape index (κ2) is 8.53. The Morgan fingerprint density at radius 2 is 1.97 bits per heavy atom. The number of carbonyl (C=O) groups is 1. The molecule has 0 fully saturated rings. The van der Waals surface area contributed by atoms with E-state index in [9.17, 15) is 9.59 Å². The third kappa shape index (κ3) is 3.91. The van der Waals surface area contributed by atoms with Gasteiger partial charge in [-0.1, -0.05) is 18.2 Å². The molecule has 0 spiro atoms. The minimum absolute atomic E-state index is 0.0736. The van der Waals surface area contributed by atoms with E-state index >= 15 is 0 Å². The first-order valence-corrected chi connectivity index (χ1v) is 9.52. The number of pyridine rings is 1. The fourth-order valence-electron chi connectivity index (χ4n) is 3.85. The SMILES string of the molecule is COCC(C)n1c(C)c(C(=O)NCc2c(OC)cc(C)[nH]c2=O)c2ccccc21. The third-order valence-electron chi connectivity index (χ3n) is 5.11. The number of para-hydroxylation sites is 1. The Morgan fingerprint density at radius 1 is 1.24 bits per heavy atom. The van der Waals surface area contributed by atoms with Crippen LogP contribution in [-0.2, 0) is 11.3 Å². The number of amides is 1. The molecule has 1 unspecified atom stereocenters. The number of fused-ring (bicyclic) bond motifs is 1. The molecule has 3 aromatic rings. The van der Waals surface area contributed by atoms with Gasteiger partial charge in [-0.25, -0.2) is 0 Å². The Labute approximate surface area is 169 Å². The van der Waals surface area contributed by atoms with Crippen molar-refractivity contribution in [2.45, 2.75) is 33.4 Å². The molecule has 29 heavy (non-hydrogen) atoms. The quantitative estimate of drug-likeness (QED) is 0.642. The number of benzene rings is 1. The number of carbonyl (C=O) groups excluding carboxylic acids is 1. The smallest absolute Gasteiger partial charge is 0.256 e. The highest BCUT2D eigenvalue weighted by atomic mass is 16.5. The van der Waals surface area contributed by atoms with E-state index in [4.69, 9.17) is 9.47 Å². The number of aromatic nitrogens is 2. The first-order valence-electron chi connectivity index (χ1n) is 9.52. The molecule has 154 valence electrons. The van der Waals surface area contributed by atoms with Gasteiger partial charge in [0.25, 0.3) is 11.5 Å². The van der Waals surface area contributed by atoms with Gasteiger partial charge in [-0.15, -0.1) is 0 Å². The highest BCUT2D eigenvalue weighted by molar-refractivity contribution is 6.08. The summed E-state index contributed by atoms with van der Waals surface area (Å²) in [5.41, 5.74) is 3.26. The molecule has 0 aliphatic carbocycles. The van der Waals surface area contributed by atoms with Gasteiger partial charge in [0.15, 0.2) is 0 Å². The molecule has 2 heterocycles. The lowest BCUT2D eigenvalue weighted by molar-refractivity contribution is 0.0951. The van der Waals surface area contributed by atoms with Gasteiger partial charge in [0, 0.05) is 29.4 Å². The van der Waals surface area contributed by atoms with Crippen LogP contribution in [-0.4, -0.2) is 36.3 Å². The van der Waals surface area contributed by atoms with Gasteiger partial charge in [-0.05, 0) is 32.9 Å². The molecule has 0 radical (unpaired) electrons. The van der Waals surface area contributed by atoms with Crippen molar-refractivity contribution in [1.29, 1.82) is 0 Å². The van der Waals surface area contributed by atoms with E-state index < -0.39 is 0 Å². The minimum atomic E-state index is -0.269. The number of rotatable bonds is 7. The number of aromatic amines is 1. The van der Waals surface area contributed by atoms with Crippen LogP contribution in [0.15, 0.2) is 35.1 Å². The summed E-state index contributed by atoms with van der Waals surface area (Å²) in [6.45, 7) is 6.38. The molecule has 0 bridgehead atoms. The largest absolute Gasteiger partial charge is 0.496 e. The first kappa shape index (κ1) is 20.7. The van der Waals surface area contributed by atoms with Crippen LogP contribution >= 0.6 is 0 Å². The number of H-pyrrole nitrogens is 1. The summed E-state index contributed by atoms with van der Waals surface area (Å²) in [5, 5.41) is 3.75. The maximum atomic E-state index is 13.1. The van der Waals surface area contributed by atoms with Crippen molar-refractivity contribution in [3.63, 3.8) is 0 Å². The molecule has 1 amide bonds. The summed E-state index contributed by atoms with van der Waals surface area (Å²) < 4.78 is 12.7. The number of methoxy groups -OCH3 is 2. The Bertz CT molecular complexity index is 1100. The molecule has 2 N–H and O–H groups in total. The monoisotopic (exact) mass is 397 g/mol. The Hall–Kier alpha value is -3.06. The molecule has 2 aromatic heterocycles. The van der Waals surface area contributed by atoms with Crippen LogP contribution in [0.1, 0.15) is 40.3 Å². The normalized spacial score (nSPS) is 12.2. The molecular weight excluding hydrogens is 370 g/mol. The molecule has 3 rings (SSSR count). The van der Waals surface area contributed by atoms with Gasteiger partial charge in [0.2, 0.25) is 0 Å². The molecule has 0 aliphatic rings. The second-order valence-electron chi connectivity index (χ2n) is 7.16. The van der Waals surface area contributed by atoms with Crippen LogP contribution in [0.5, 0.6) is 5.75 Å². The van der Waals surface area contributed by atoms with Crippen molar-refractivity contribution in [1.82, 2.24) is 14.9 Å². The van der Waals surface area contributed by atoms with E-state index in [1.807, 2.05) is 31.2 Å². The van der Waals surface area contributed by atoms with Gasteiger partial charge >= 0.3 is 0 Å². The fourth-order valence-corrected chi connectivity index (χ4v) is 3.85. The Balaban J connectivity index is 1.97. The molecule has 7 nitrogen and oxygen atoms in total. The maximum Gasteiger partial charge on any atom is 0.256 e. The van der Waals surface area contributed by atoms with Crippen LogP contribution in [0, 0.1) is 13.8 Å². The number of ether oxygens (including phenoxy) is 2. The fraction of sp³-hybridized carbons (Fsp3) is 0.364. The summed E-state index contributed by atoms with van der Waals surface area (Å²) in [7, 11) is 3.17. The summed E-state index contributed by atoms with van der Waals surface area (Å²) >= 11 is 0. The van der Waals surface area contributed by atoms with Crippen LogP contribution in [0.25, 0.3) is 10.9 Å². The number of hydrogen-bond donors (Lipinski definition) is 2. The molecular formula is C22H27N3O4. The molecule has 1 aromatic carbocycles. The lowest BCUT2D eigenvalue weighted by Crippen LogP contribution is -2.28. The molecule has 7 heteroatoms. The summed E-state index contributed by atoms with van der Waals surface area (Å²) in [5.74, 6) is 0.225. The molecule has 0 saturated heterocycles. The van der Waals surface area contributed by atoms with Gasteiger partial charge in [0.1, 0.15) is 5.75 Å². The standard InChI is InChI=1S/C22H27N3O4/c1-13-10-19(29-5)17(21(26)24-13)11-23-22(27)20-15(3)25(14(2)12-28-4)18-9-7-6-8-16(18)20/h6-10,14H,11-12H2,1-5H3,(H,23,27)(H,24,26). The highest BCUT2D eigenvalue weighted by Gasteiger charge is 2.22. The lowest BCUT2D eigenvalue weighted by atomic mass is 10.1. The van der Waals surface area contributed by atoms with Crippen LogP contribution in [0.2, 0.25) is 0 Å². The van der Waals surface area contributed by atoms with Crippen molar-refractivity contribution in [2.75, 3.05) is 20.8 Å². The topological polar surface area (TPSA) is 85.3 Å². The number of nitrogens with zero attached hydrogens (tertiary/aromatic N) is 1. The lowest BCUT2D eigenvalue weighted by Gasteiger charge is -2.17. The van der Waals surface area contributed by atoms with Crippen molar-refractivity contribution in [3.05, 3.63) is 63.2 Å². The predicted octanol–water partition coefficient (Wildman–Crippen LogP) is 3.09. The zero-order valence-corrected chi connectivity index (χ0v) is 17.5. The minimum Gasteiger partial charge on any atom is -0.496 e. The number of hydrogen-bond acceptors (Lipinski definition) is 4. The second-order valence-corrected chi connectivity index (χ2v) is 7.16. The van der Waals surface area contributed by atoms with Crippen molar-refractivity contribution >= 4 is 16.8 Å². The summed E-state index contributed by atoms with van der Waals surface area (Å²) in [6.07, 6.45) is 0. The van der Waals surface area contributed by atoms with Crippen LogP contribution in [0.4, 0.5) is 0 Å². The average Bonchev–Trinajstić information content (AvgIpc) is 2.98. The molecule has 0 aliphatic heterocycles. The summed E-state index contributed by atoms with van der Waals surface area (Å²) in [4.78, 5) is 28.2. The number of nitrogens with one attached hydrogen (secondary N) is 2. The van der Waals surface area contributed by atoms with Gasteiger partial charge in [0.05, 0.1) is 37.4 Å². The van der Waals surface area contributed by atoms with Gasteiger partial charge in [-0.2, -0.15) is 0 Å². The first-order chi connectivity index (χ1) is 13.9. The van der Waals surface area contributed by atoms with Gasteiger partial charge in [-0.3, -0.25) is 9.59 Å². The van der Waals surface area contributed by atoms with E-state index in [2.05, 4.69) is 21.8 Å².